The Balaban J connectivity index is 0.00000108. The van der Waals surface area contributed by atoms with Crippen molar-refractivity contribution in [3.63, 3.8) is 0 Å². The summed E-state index contributed by atoms with van der Waals surface area (Å²) in [6.07, 6.45) is 8.15. The van der Waals surface area contributed by atoms with Gasteiger partial charge >= 0.3 is 17.4 Å². The van der Waals surface area contributed by atoms with Crippen molar-refractivity contribution < 1.29 is 37.2 Å². The third-order valence-corrected chi connectivity index (χ3v) is 5.85. The molecule has 0 atom stereocenters. The van der Waals surface area contributed by atoms with Crippen LogP contribution < -0.4 is 37.2 Å². The maximum absolute atomic E-state index is 4.78. The van der Waals surface area contributed by atoms with Crippen molar-refractivity contribution in [3.8, 4) is 11.1 Å². The molecular weight excluding hydrogens is 582 g/mol. The molecule has 3 aromatic heterocycles. The van der Waals surface area contributed by atoms with Crippen molar-refractivity contribution in [1.82, 2.24) is 19.9 Å². The van der Waals surface area contributed by atoms with E-state index in [-0.39, 0.29) is 54.6 Å². The molecule has 2 aliphatic rings. The number of halogens is 4. The minimum Gasteiger partial charge on any atom is -1.00 e. The Morgan fingerprint density at radius 3 is 1.57 bits per heavy atom. The van der Waals surface area contributed by atoms with Crippen LogP contribution in [0, 0.1) is 0 Å². The van der Waals surface area contributed by atoms with Crippen molar-refractivity contribution in [2.75, 3.05) is 0 Å². The van der Waals surface area contributed by atoms with Gasteiger partial charge in [-0.1, -0.05) is 28.1 Å². The molecule has 2 aliphatic heterocycles. The van der Waals surface area contributed by atoms with E-state index in [1.807, 2.05) is 36.4 Å². The average Bonchev–Trinajstić information content (AvgIpc) is 3.54. The van der Waals surface area contributed by atoms with E-state index in [9.17, 15) is 0 Å². The van der Waals surface area contributed by atoms with E-state index in [2.05, 4.69) is 80.5 Å². The summed E-state index contributed by atoms with van der Waals surface area (Å²) >= 11 is 3.53. The normalized spacial score (nSPS) is 11.0. The maximum Gasteiger partial charge on any atom is 3.00 e. The minimum absolute atomic E-state index is 0. The van der Waals surface area contributed by atoms with Gasteiger partial charge in [-0.05, 0) is 84.5 Å². The van der Waals surface area contributed by atoms with E-state index < -0.39 is 0 Å². The Hall–Kier alpha value is -2.30. The number of fused-ring (bicyclic) bond motifs is 8. The Bertz CT molecular complexity index is 1560. The van der Waals surface area contributed by atoms with Gasteiger partial charge < -0.3 is 47.2 Å². The zero-order valence-electron chi connectivity index (χ0n) is 18.1. The summed E-state index contributed by atoms with van der Waals surface area (Å²) < 4.78 is 1.06. The number of hydrogen-bond acceptors (Lipinski definition) is 2. The zero-order chi connectivity index (χ0) is 20.8. The molecule has 0 aliphatic carbocycles. The first-order valence-electron chi connectivity index (χ1n) is 10.0. The maximum atomic E-state index is 4.78. The third-order valence-electron chi connectivity index (χ3n) is 5.32. The number of hydrogen-bond donors (Lipinski definition) is 2. The monoisotopic (exact) mass is 596 g/mol. The van der Waals surface area contributed by atoms with Crippen LogP contribution in [0.4, 0.5) is 0 Å². The van der Waals surface area contributed by atoms with Crippen LogP contribution in [0.15, 0.2) is 71.2 Å². The first-order valence-corrected chi connectivity index (χ1v) is 10.8. The van der Waals surface area contributed by atoms with E-state index in [1.54, 1.807) is 0 Å². The second-order valence-corrected chi connectivity index (χ2v) is 8.51. The summed E-state index contributed by atoms with van der Waals surface area (Å²) in [6.45, 7) is 0. The third kappa shape index (κ3) is 6.29. The van der Waals surface area contributed by atoms with Crippen molar-refractivity contribution in [2.24, 2.45) is 0 Å². The Kier molecular flexibility index (Phi) is 10.0. The molecule has 0 saturated heterocycles. The van der Waals surface area contributed by atoms with Gasteiger partial charge in [-0.15, -0.1) is 0 Å². The van der Waals surface area contributed by atoms with Crippen LogP contribution in [0.2, 0.25) is 0 Å². The Labute approximate surface area is 240 Å². The molecule has 0 saturated carbocycles. The van der Waals surface area contributed by atoms with Gasteiger partial charge in [-0.2, -0.15) is 0 Å². The number of nitrogens with one attached hydrogen (secondary N) is 2. The van der Waals surface area contributed by atoms with Crippen LogP contribution in [0.5, 0.6) is 0 Å². The molecular formula is C26H17AlBrCl3N4. The summed E-state index contributed by atoms with van der Waals surface area (Å²) in [5.41, 5.74) is 9.99. The summed E-state index contributed by atoms with van der Waals surface area (Å²) in [4.78, 5) is 16.5. The van der Waals surface area contributed by atoms with Gasteiger partial charge in [-0.3, -0.25) is 0 Å². The number of nitrogens with zero attached hydrogens (tertiary/aromatic N) is 2. The molecule has 0 fully saturated rings. The predicted octanol–water partition coefficient (Wildman–Crippen LogP) is -2.28. The van der Waals surface area contributed by atoms with Crippen molar-refractivity contribution >= 4 is 79.7 Å². The molecule has 5 heterocycles. The molecule has 35 heavy (non-hydrogen) atoms. The van der Waals surface area contributed by atoms with Gasteiger partial charge in [0.15, 0.2) is 0 Å². The van der Waals surface area contributed by atoms with Crippen LogP contribution in [0.25, 0.3) is 57.5 Å². The van der Waals surface area contributed by atoms with Crippen LogP contribution in [-0.2, 0) is 0 Å². The fourth-order valence-electron chi connectivity index (χ4n) is 3.89. The molecule has 6 rings (SSSR count). The predicted molar refractivity (Wildman–Crippen MR) is 138 cm³/mol. The van der Waals surface area contributed by atoms with E-state index in [4.69, 9.17) is 9.97 Å². The van der Waals surface area contributed by atoms with Crippen LogP contribution >= 0.6 is 15.9 Å². The smallest absolute Gasteiger partial charge is 1.00 e. The SMILES string of the molecule is Brc1ccc(-c2cc3cc4nc(cc5ccc(cc6nc(cc2[nH]3)C=C6)[nH]5)C=C4)cc1.[Al+3].[Cl-].[Cl-].[Cl-]. The van der Waals surface area contributed by atoms with Gasteiger partial charge in [0.2, 0.25) is 0 Å². The largest absolute Gasteiger partial charge is 3.00 e. The minimum atomic E-state index is 0. The van der Waals surface area contributed by atoms with Gasteiger partial charge in [-0.25, -0.2) is 9.97 Å². The van der Waals surface area contributed by atoms with Crippen molar-refractivity contribution in [1.29, 1.82) is 0 Å². The number of H-pyrrole nitrogens is 2. The summed E-state index contributed by atoms with van der Waals surface area (Å²) in [5, 5.41) is 0. The standard InChI is InChI=1S/C26H17BrN4.Al.3ClH/c27-17-3-1-16(2-4-17)25-14-24-13-22-8-7-20(29-22)11-18-5-6-19(28-18)12-21-9-10-23(30-21)15-26(25)31-24;;;;/h1-15,28,31H;;3*1H/q;+3;;;/p-3. The molecule has 172 valence electrons. The molecule has 9 heteroatoms. The van der Waals surface area contributed by atoms with Gasteiger partial charge in [0, 0.05) is 32.1 Å². The molecule has 4 aromatic rings. The molecule has 4 nitrogen and oxygen atoms in total. The van der Waals surface area contributed by atoms with Gasteiger partial charge in [0.1, 0.15) is 0 Å². The molecule has 2 N–H and O–H groups in total. The van der Waals surface area contributed by atoms with Crippen molar-refractivity contribution in [3.05, 3.63) is 94.0 Å². The molecule has 0 spiro atoms. The van der Waals surface area contributed by atoms with E-state index in [0.29, 0.717) is 0 Å². The topological polar surface area (TPSA) is 57.4 Å². The van der Waals surface area contributed by atoms with E-state index in [0.717, 1.165) is 60.4 Å². The summed E-state index contributed by atoms with van der Waals surface area (Å²) in [6, 6.07) is 22.9. The van der Waals surface area contributed by atoms with Crippen LogP contribution in [0.3, 0.4) is 0 Å². The van der Waals surface area contributed by atoms with E-state index in [1.165, 1.54) is 0 Å². The van der Waals surface area contributed by atoms with Gasteiger partial charge in [0.25, 0.3) is 0 Å². The van der Waals surface area contributed by atoms with E-state index >= 15 is 0 Å². The Morgan fingerprint density at radius 1 is 0.543 bits per heavy atom. The fourth-order valence-corrected chi connectivity index (χ4v) is 4.15. The van der Waals surface area contributed by atoms with Crippen molar-refractivity contribution in [2.45, 2.75) is 0 Å². The quantitative estimate of drug-likeness (QED) is 0.210. The molecule has 1 aromatic carbocycles. The second-order valence-electron chi connectivity index (χ2n) is 7.60. The molecule has 8 bridgehead atoms. The van der Waals surface area contributed by atoms with Crippen LogP contribution in [0.1, 0.15) is 22.8 Å². The fraction of sp³-hybridized carbons (Fsp3) is 0. The second kappa shape index (κ2) is 12.1. The average molecular weight is 599 g/mol. The summed E-state index contributed by atoms with van der Waals surface area (Å²) in [5.74, 6) is 0. The first-order chi connectivity index (χ1) is 15.2. The molecule has 0 amide bonds. The Morgan fingerprint density at radius 2 is 1.03 bits per heavy atom. The summed E-state index contributed by atoms with van der Waals surface area (Å²) in [7, 11) is 0. The first kappa shape index (κ1) is 28.9. The zero-order valence-corrected chi connectivity index (χ0v) is 23.2. The number of aromatic nitrogens is 4. The van der Waals surface area contributed by atoms with Crippen LogP contribution in [-0.4, -0.2) is 37.3 Å². The number of rotatable bonds is 1. The van der Waals surface area contributed by atoms with Gasteiger partial charge in [0.05, 0.1) is 22.8 Å². The molecule has 0 radical (unpaired) electrons. The number of benzene rings is 1. The molecule has 0 unspecified atom stereocenters. The number of aromatic amines is 2.